The SMILES string of the molecule is CCCCN(C)CC(NCCC)c1ccccc1OCC. The highest BCUT2D eigenvalue weighted by atomic mass is 16.5. The molecule has 0 saturated carbocycles. The van der Waals surface area contributed by atoms with Gasteiger partial charge in [0, 0.05) is 18.2 Å². The van der Waals surface area contributed by atoms with Crippen molar-refractivity contribution >= 4 is 0 Å². The molecule has 21 heavy (non-hydrogen) atoms. The van der Waals surface area contributed by atoms with E-state index in [0.29, 0.717) is 12.6 Å². The molecule has 1 atom stereocenters. The number of hydrogen-bond donors (Lipinski definition) is 1. The number of hydrogen-bond acceptors (Lipinski definition) is 3. The number of ether oxygens (including phenoxy) is 1. The van der Waals surface area contributed by atoms with Crippen LogP contribution in [0.1, 0.15) is 51.6 Å². The molecule has 0 aliphatic heterocycles. The number of nitrogens with one attached hydrogen (secondary N) is 1. The number of para-hydroxylation sites is 1. The van der Waals surface area contributed by atoms with Gasteiger partial charge in [-0.05, 0) is 46.0 Å². The number of nitrogens with zero attached hydrogens (tertiary/aromatic N) is 1. The standard InChI is InChI=1S/C18H32N2O/c1-5-8-14-20(4)15-17(19-13-6-2)16-11-9-10-12-18(16)21-7-3/h9-12,17,19H,5-8,13-15H2,1-4H3. The second kappa shape index (κ2) is 10.6. The molecule has 120 valence electrons. The van der Waals surface area contributed by atoms with Crippen molar-refractivity contribution in [1.82, 2.24) is 10.2 Å². The zero-order valence-corrected chi connectivity index (χ0v) is 14.2. The maximum absolute atomic E-state index is 5.80. The highest BCUT2D eigenvalue weighted by Gasteiger charge is 2.17. The molecule has 1 rings (SSSR count). The lowest BCUT2D eigenvalue weighted by atomic mass is 10.0. The van der Waals surface area contributed by atoms with E-state index < -0.39 is 0 Å². The Hall–Kier alpha value is -1.06. The molecule has 0 saturated heterocycles. The van der Waals surface area contributed by atoms with Gasteiger partial charge < -0.3 is 15.0 Å². The minimum Gasteiger partial charge on any atom is -0.494 e. The maximum atomic E-state index is 5.80. The van der Waals surface area contributed by atoms with Crippen LogP contribution in [0.15, 0.2) is 24.3 Å². The van der Waals surface area contributed by atoms with Crippen molar-refractivity contribution in [3.05, 3.63) is 29.8 Å². The van der Waals surface area contributed by atoms with Crippen LogP contribution in [0.5, 0.6) is 5.75 Å². The summed E-state index contributed by atoms with van der Waals surface area (Å²) in [7, 11) is 2.21. The smallest absolute Gasteiger partial charge is 0.124 e. The third-order valence-electron chi connectivity index (χ3n) is 3.62. The Morgan fingerprint density at radius 2 is 1.90 bits per heavy atom. The first-order valence-corrected chi connectivity index (χ1v) is 8.36. The van der Waals surface area contributed by atoms with E-state index in [1.54, 1.807) is 0 Å². The fraction of sp³-hybridized carbons (Fsp3) is 0.667. The topological polar surface area (TPSA) is 24.5 Å². The van der Waals surface area contributed by atoms with Crippen LogP contribution in [0.2, 0.25) is 0 Å². The van der Waals surface area contributed by atoms with Crippen molar-refractivity contribution in [2.24, 2.45) is 0 Å². The van der Waals surface area contributed by atoms with Gasteiger partial charge in [0.2, 0.25) is 0 Å². The van der Waals surface area contributed by atoms with Crippen LogP contribution in [0.25, 0.3) is 0 Å². The summed E-state index contributed by atoms with van der Waals surface area (Å²) in [6, 6.07) is 8.74. The van der Waals surface area contributed by atoms with Crippen LogP contribution in [-0.2, 0) is 0 Å². The van der Waals surface area contributed by atoms with Crippen molar-refractivity contribution in [3.8, 4) is 5.75 Å². The van der Waals surface area contributed by atoms with Crippen LogP contribution < -0.4 is 10.1 Å². The summed E-state index contributed by atoms with van der Waals surface area (Å²) in [6.07, 6.45) is 3.64. The molecule has 0 aromatic heterocycles. The van der Waals surface area contributed by atoms with Gasteiger partial charge in [-0.2, -0.15) is 0 Å². The third kappa shape index (κ3) is 6.49. The molecule has 0 fully saturated rings. The van der Waals surface area contributed by atoms with Crippen LogP contribution in [0, 0.1) is 0 Å². The van der Waals surface area contributed by atoms with Gasteiger partial charge in [0.15, 0.2) is 0 Å². The van der Waals surface area contributed by atoms with Gasteiger partial charge in [0.25, 0.3) is 0 Å². The monoisotopic (exact) mass is 292 g/mol. The molecule has 0 aliphatic rings. The van der Waals surface area contributed by atoms with Gasteiger partial charge in [-0.1, -0.05) is 38.5 Å². The highest BCUT2D eigenvalue weighted by Crippen LogP contribution is 2.25. The minimum absolute atomic E-state index is 0.328. The summed E-state index contributed by atoms with van der Waals surface area (Å²) in [5.41, 5.74) is 1.27. The van der Waals surface area contributed by atoms with Crippen molar-refractivity contribution in [1.29, 1.82) is 0 Å². The summed E-state index contributed by atoms with van der Waals surface area (Å²) in [6.45, 7) is 10.4. The summed E-state index contributed by atoms with van der Waals surface area (Å²) < 4.78 is 5.80. The molecule has 0 radical (unpaired) electrons. The van der Waals surface area contributed by atoms with E-state index in [-0.39, 0.29) is 0 Å². The first kappa shape index (κ1) is 18.0. The Kier molecular flexibility index (Phi) is 9.11. The fourth-order valence-corrected chi connectivity index (χ4v) is 2.48. The quantitative estimate of drug-likeness (QED) is 0.670. The molecule has 0 heterocycles. The molecule has 3 nitrogen and oxygen atoms in total. The minimum atomic E-state index is 0.328. The molecule has 1 aromatic rings. The molecule has 0 spiro atoms. The zero-order valence-electron chi connectivity index (χ0n) is 14.2. The van der Waals surface area contributed by atoms with Crippen LogP contribution in [0.4, 0.5) is 0 Å². The van der Waals surface area contributed by atoms with Crippen LogP contribution >= 0.6 is 0 Å². The molecule has 1 unspecified atom stereocenters. The second-order valence-electron chi connectivity index (χ2n) is 5.59. The summed E-state index contributed by atoms with van der Waals surface area (Å²) in [4.78, 5) is 2.42. The van der Waals surface area contributed by atoms with Gasteiger partial charge in [-0.25, -0.2) is 0 Å². The molecule has 1 aromatic carbocycles. The van der Waals surface area contributed by atoms with Crippen LogP contribution in [-0.4, -0.2) is 38.2 Å². The number of unbranched alkanes of at least 4 members (excludes halogenated alkanes) is 1. The molecule has 0 aliphatic carbocycles. The fourth-order valence-electron chi connectivity index (χ4n) is 2.48. The number of rotatable bonds is 11. The lowest BCUT2D eigenvalue weighted by Crippen LogP contribution is -2.34. The van der Waals surface area contributed by atoms with Crippen molar-refractivity contribution in [3.63, 3.8) is 0 Å². The number of likely N-dealkylation sites (N-methyl/N-ethyl adjacent to an activating group) is 1. The van der Waals surface area contributed by atoms with Gasteiger partial charge in [-0.15, -0.1) is 0 Å². The van der Waals surface area contributed by atoms with Gasteiger partial charge in [0.1, 0.15) is 5.75 Å². The molecular formula is C18H32N2O. The molecule has 1 N–H and O–H groups in total. The lowest BCUT2D eigenvalue weighted by molar-refractivity contribution is 0.277. The second-order valence-corrected chi connectivity index (χ2v) is 5.59. The Balaban J connectivity index is 2.80. The van der Waals surface area contributed by atoms with Gasteiger partial charge in [0.05, 0.1) is 6.61 Å². The van der Waals surface area contributed by atoms with E-state index in [1.807, 2.05) is 13.0 Å². The molecule has 0 bridgehead atoms. The van der Waals surface area contributed by atoms with Crippen molar-refractivity contribution in [2.45, 2.75) is 46.1 Å². The molecule has 3 heteroatoms. The van der Waals surface area contributed by atoms with Gasteiger partial charge in [-0.3, -0.25) is 0 Å². The van der Waals surface area contributed by atoms with E-state index in [0.717, 1.165) is 31.8 Å². The zero-order chi connectivity index (χ0) is 15.5. The first-order chi connectivity index (χ1) is 10.2. The Morgan fingerprint density at radius 3 is 2.57 bits per heavy atom. The molecule has 0 amide bonds. The summed E-state index contributed by atoms with van der Waals surface area (Å²) in [5.74, 6) is 1.01. The predicted octanol–water partition coefficient (Wildman–Crippen LogP) is 3.86. The molecular weight excluding hydrogens is 260 g/mol. The van der Waals surface area contributed by atoms with E-state index in [1.165, 1.54) is 18.4 Å². The Labute approximate surface area is 130 Å². The van der Waals surface area contributed by atoms with Gasteiger partial charge >= 0.3 is 0 Å². The highest BCUT2D eigenvalue weighted by molar-refractivity contribution is 5.36. The van der Waals surface area contributed by atoms with E-state index in [4.69, 9.17) is 4.74 Å². The third-order valence-corrected chi connectivity index (χ3v) is 3.62. The summed E-state index contributed by atoms with van der Waals surface area (Å²) >= 11 is 0. The van der Waals surface area contributed by atoms with E-state index in [2.05, 4.69) is 49.3 Å². The maximum Gasteiger partial charge on any atom is 0.124 e. The van der Waals surface area contributed by atoms with E-state index >= 15 is 0 Å². The van der Waals surface area contributed by atoms with Crippen molar-refractivity contribution in [2.75, 3.05) is 33.3 Å². The predicted molar refractivity (Wildman–Crippen MR) is 91.1 cm³/mol. The van der Waals surface area contributed by atoms with Crippen LogP contribution in [0.3, 0.4) is 0 Å². The average molecular weight is 292 g/mol. The van der Waals surface area contributed by atoms with Crippen molar-refractivity contribution < 1.29 is 4.74 Å². The lowest BCUT2D eigenvalue weighted by Gasteiger charge is -2.26. The Morgan fingerprint density at radius 1 is 1.14 bits per heavy atom. The average Bonchev–Trinajstić information content (AvgIpc) is 2.50. The number of benzene rings is 1. The first-order valence-electron chi connectivity index (χ1n) is 8.36. The largest absolute Gasteiger partial charge is 0.494 e. The van der Waals surface area contributed by atoms with E-state index in [9.17, 15) is 0 Å². The summed E-state index contributed by atoms with van der Waals surface area (Å²) in [5, 5.41) is 3.67. The normalized spacial score (nSPS) is 12.6. The Bertz CT molecular complexity index is 381.